The van der Waals surface area contributed by atoms with E-state index < -0.39 is 50.9 Å². The lowest BCUT2D eigenvalue weighted by Gasteiger charge is -2.24. The normalized spacial score (nSPS) is 25.7. The van der Waals surface area contributed by atoms with Gasteiger partial charge in [0.05, 0.1) is 12.4 Å². The first-order valence-electron chi connectivity index (χ1n) is 11.2. The van der Waals surface area contributed by atoms with E-state index >= 15 is 4.39 Å². The topological polar surface area (TPSA) is 167 Å². The van der Waals surface area contributed by atoms with Gasteiger partial charge in [0.2, 0.25) is 5.95 Å². The van der Waals surface area contributed by atoms with E-state index in [1.165, 1.54) is 24.7 Å². The maximum Gasteiger partial charge on any atom is 0.613 e. The maximum absolute atomic E-state index is 15.7. The molecule has 2 aromatic rings. The van der Waals surface area contributed by atoms with E-state index in [0.717, 1.165) is 0 Å². The molecule has 35 heavy (non-hydrogen) atoms. The highest BCUT2D eigenvalue weighted by molar-refractivity contribution is 7.36. The molecular formula is C20H32FN7O6P+. The average Bonchev–Trinajstić information content (AvgIpc) is 3.28. The zero-order valence-corrected chi connectivity index (χ0v) is 21.4. The fourth-order valence-electron chi connectivity index (χ4n) is 3.58. The SMILES string of the molecule is CCN(C)c1nc(N)nc2c1ncn2[C@@H]1OC(CO[P+](=O)N[C@@H](C)C(=O)OC(C)C)[C@@H](O)[C@@]1(C)F. The summed E-state index contributed by atoms with van der Waals surface area (Å²) in [4.78, 5) is 26.4. The molecule has 0 radical (unpaired) electrons. The van der Waals surface area contributed by atoms with Crippen molar-refractivity contribution in [3.63, 3.8) is 0 Å². The Morgan fingerprint density at radius 1 is 1.46 bits per heavy atom. The number of nitrogens with two attached hydrogens (primary N) is 1. The first kappa shape index (κ1) is 27.1. The molecule has 0 bridgehead atoms. The fraction of sp³-hybridized carbons (Fsp3) is 0.700. The molecule has 3 heterocycles. The van der Waals surface area contributed by atoms with Crippen LogP contribution in [-0.4, -0.2) is 80.8 Å². The number of anilines is 2. The number of hydrogen-bond donors (Lipinski definition) is 3. The summed E-state index contributed by atoms with van der Waals surface area (Å²) in [5.74, 6) is -0.149. The Morgan fingerprint density at radius 3 is 2.77 bits per heavy atom. The highest BCUT2D eigenvalue weighted by Crippen LogP contribution is 2.43. The molecule has 0 amide bonds. The molecule has 6 atom stereocenters. The molecule has 0 spiro atoms. The summed E-state index contributed by atoms with van der Waals surface area (Å²) >= 11 is 0. The Labute approximate surface area is 203 Å². The fourth-order valence-corrected chi connectivity index (χ4v) is 4.36. The van der Waals surface area contributed by atoms with Crippen LogP contribution in [0.2, 0.25) is 0 Å². The molecule has 1 aliphatic rings. The van der Waals surface area contributed by atoms with Gasteiger partial charge in [0.25, 0.3) is 0 Å². The Hall–Kier alpha value is -2.51. The van der Waals surface area contributed by atoms with Crippen molar-refractivity contribution in [2.24, 2.45) is 0 Å². The van der Waals surface area contributed by atoms with E-state index in [1.54, 1.807) is 20.9 Å². The molecule has 4 N–H and O–H groups in total. The summed E-state index contributed by atoms with van der Waals surface area (Å²) in [6, 6.07) is -0.896. The number of ether oxygens (including phenoxy) is 2. The molecule has 2 unspecified atom stereocenters. The Balaban J connectivity index is 1.74. The van der Waals surface area contributed by atoms with Crippen LogP contribution in [0, 0.1) is 0 Å². The zero-order valence-electron chi connectivity index (χ0n) is 20.5. The number of aromatic nitrogens is 4. The highest BCUT2D eigenvalue weighted by atomic mass is 31.1. The van der Waals surface area contributed by atoms with Gasteiger partial charge in [-0.25, -0.2) is 9.37 Å². The van der Waals surface area contributed by atoms with E-state index in [9.17, 15) is 14.5 Å². The van der Waals surface area contributed by atoms with Crippen LogP contribution in [0.3, 0.4) is 0 Å². The lowest BCUT2D eigenvalue weighted by atomic mass is 9.98. The minimum atomic E-state index is -2.53. The van der Waals surface area contributed by atoms with Crippen LogP contribution in [0.1, 0.15) is 40.8 Å². The van der Waals surface area contributed by atoms with Crippen molar-refractivity contribution < 1.29 is 32.9 Å². The number of fused-ring (bicyclic) bond motifs is 1. The number of nitrogen functional groups attached to an aromatic ring is 1. The first-order valence-corrected chi connectivity index (χ1v) is 12.3. The number of aliphatic hydroxyl groups is 1. The van der Waals surface area contributed by atoms with Gasteiger partial charge in [-0.05, 0) is 39.2 Å². The summed E-state index contributed by atoms with van der Waals surface area (Å²) in [6.07, 6.45) is -3.09. The van der Waals surface area contributed by atoms with Gasteiger partial charge in [0, 0.05) is 13.6 Å². The van der Waals surface area contributed by atoms with Crippen molar-refractivity contribution in [1.29, 1.82) is 0 Å². The second-order valence-electron chi connectivity index (χ2n) is 8.76. The minimum Gasteiger partial charge on any atom is -0.462 e. The summed E-state index contributed by atoms with van der Waals surface area (Å²) in [5, 5.41) is 13.1. The molecule has 1 saturated heterocycles. The molecule has 1 fully saturated rings. The van der Waals surface area contributed by atoms with E-state index in [0.29, 0.717) is 17.9 Å². The van der Waals surface area contributed by atoms with Gasteiger partial charge >= 0.3 is 14.1 Å². The number of nitrogens with zero attached hydrogens (tertiary/aromatic N) is 5. The molecule has 1 aliphatic heterocycles. The number of carbonyl (C=O) groups excluding carboxylic acids is 1. The third-order valence-electron chi connectivity index (χ3n) is 5.59. The molecular weight excluding hydrogens is 484 g/mol. The van der Waals surface area contributed by atoms with Gasteiger partial charge in [-0.1, -0.05) is 5.09 Å². The number of esters is 1. The van der Waals surface area contributed by atoms with Gasteiger partial charge in [-0.3, -0.25) is 9.36 Å². The predicted octanol–water partition coefficient (Wildman–Crippen LogP) is 1.45. The van der Waals surface area contributed by atoms with Crippen LogP contribution in [0.5, 0.6) is 0 Å². The number of aliphatic hydroxyl groups excluding tert-OH is 1. The number of alkyl halides is 1. The van der Waals surface area contributed by atoms with Crippen molar-refractivity contribution in [1.82, 2.24) is 24.6 Å². The second kappa shape index (κ2) is 10.6. The third-order valence-corrected chi connectivity index (χ3v) is 6.57. The third kappa shape index (κ3) is 5.67. The summed E-state index contributed by atoms with van der Waals surface area (Å²) in [7, 11) is -0.718. The van der Waals surface area contributed by atoms with E-state index in [4.69, 9.17) is 19.7 Å². The van der Waals surface area contributed by atoms with Crippen molar-refractivity contribution in [2.75, 3.05) is 30.8 Å². The second-order valence-corrected chi connectivity index (χ2v) is 9.79. The largest absolute Gasteiger partial charge is 0.613 e. The number of hydrogen-bond acceptors (Lipinski definition) is 11. The lowest BCUT2D eigenvalue weighted by Crippen LogP contribution is -2.40. The monoisotopic (exact) mass is 516 g/mol. The average molecular weight is 516 g/mol. The Morgan fingerprint density at radius 2 is 2.14 bits per heavy atom. The smallest absolute Gasteiger partial charge is 0.462 e. The van der Waals surface area contributed by atoms with Crippen LogP contribution < -0.4 is 15.7 Å². The van der Waals surface area contributed by atoms with Gasteiger partial charge in [0.1, 0.15) is 24.9 Å². The minimum absolute atomic E-state index is 0.0262. The van der Waals surface area contributed by atoms with Gasteiger partial charge < -0.3 is 25.2 Å². The molecule has 0 saturated carbocycles. The summed E-state index contributed by atoms with van der Waals surface area (Å²) < 4.78 is 45.3. The molecule has 0 aliphatic carbocycles. The van der Waals surface area contributed by atoms with Crippen molar-refractivity contribution >= 4 is 37.1 Å². The van der Waals surface area contributed by atoms with E-state index in [-0.39, 0.29) is 17.7 Å². The van der Waals surface area contributed by atoms with Crippen molar-refractivity contribution in [2.45, 2.75) is 70.9 Å². The number of nitrogens with one attached hydrogen (secondary N) is 1. The van der Waals surface area contributed by atoms with Crippen LogP contribution in [0.4, 0.5) is 16.2 Å². The maximum atomic E-state index is 15.7. The molecule has 2 aromatic heterocycles. The number of halogens is 1. The number of carbonyl (C=O) groups is 1. The molecule has 3 rings (SSSR count). The van der Waals surface area contributed by atoms with E-state index in [1.807, 2.05) is 11.8 Å². The number of rotatable bonds is 10. The molecule has 13 nitrogen and oxygen atoms in total. The zero-order chi connectivity index (χ0) is 26.1. The van der Waals surface area contributed by atoms with Gasteiger partial charge in [-0.15, -0.1) is 4.52 Å². The lowest BCUT2D eigenvalue weighted by molar-refractivity contribution is -0.149. The number of imidazole rings is 1. The standard InChI is InChI=1S/C20H32FN7O6P/c1-7-27(6)15-13-16(25-19(22)24-15)28(9-23-13)18-20(5,21)14(29)12(34-18)8-32-35(31)26-11(4)17(30)33-10(2)3/h9-12,14,18,29H,7-8H2,1-6H3,(H,26,31)(H2,22,24,25)/q+1/t11-,12?,14+,18+,20+/m0/s1. The molecule has 15 heteroatoms. The van der Waals surface area contributed by atoms with Crippen LogP contribution >= 0.6 is 8.18 Å². The van der Waals surface area contributed by atoms with Crippen LogP contribution in [0.25, 0.3) is 11.2 Å². The Kier molecular flexibility index (Phi) is 8.22. The summed E-state index contributed by atoms with van der Waals surface area (Å²) in [5.41, 5.74) is 4.23. The molecule has 194 valence electrons. The Bertz CT molecular complexity index is 1080. The van der Waals surface area contributed by atoms with Crippen LogP contribution in [-0.2, 0) is 23.4 Å². The quantitative estimate of drug-likeness (QED) is 0.308. The van der Waals surface area contributed by atoms with Gasteiger partial charge in [0.15, 0.2) is 28.9 Å². The first-order chi connectivity index (χ1) is 16.4. The van der Waals surface area contributed by atoms with Crippen LogP contribution in [0.15, 0.2) is 6.33 Å². The van der Waals surface area contributed by atoms with Gasteiger partial charge in [-0.2, -0.15) is 9.97 Å². The van der Waals surface area contributed by atoms with Crippen molar-refractivity contribution in [3.05, 3.63) is 6.33 Å². The molecule has 0 aromatic carbocycles. The van der Waals surface area contributed by atoms with Crippen molar-refractivity contribution in [3.8, 4) is 0 Å². The summed E-state index contributed by atoms with van der Waals surface area (Å²) in [6.45, 7) is 8.18. The predicted molar refractivity (Wildman–Crippen MR) is 125 cm³/mol. The highest BCUT2D eigenvalue weighted by Gasteiger charge is 2.56. The van der Waals surface area contributed by atoms with E-state index in [2.05, 4.69) is 20.0 Å².